The molecule has 6 nitrogen and oxygen atoms in total. The molecule has 4 rings (SSSR count). The number of imide groups is 1. The van der Waals surface area contributed by atoms with Crippen molar-refractivity contribution in [1.82, 2.24) is 5.01 Å². The lowest BCUT2D eigenvalue weighted by Crippen LogP contribution is -2.28. The van der Waals surface area contributed by atoms with Crippen LogP contribution < -0.4 is 9.47 Å². The van der Waals surface area contributed by atoms with E-state index in [1.165, 1.54) is 6.21 Å². The molecule has 2 amide bonds. The number of halogens is 1. The van der Waals surface area contributed by atoms with Crippen molar-refractivity contribution in [2.75, 3.05) is 13.7 Å². The summed E-state index contributed by atoms with van der Waals surface area (Å²) < 4.78 is 11.6. The molecule has 26 heavy (non-hydrogen) atoms. The number of allylic oxidation sites excluding steroid dienone is 2. The van der Waals surface area contributed by atoms with Crippen LogP contribution >= 0.6 is 15.9 Å². The molecule has 3 aliphatic rings. The van der Waals surface area contributed by atoms with Gasteiger partial charge in [-0.3, -0.25) is 9.59 Å². The van der Waals surface area contributed by atoms with Crippen LogP contribution in [0.25, 0.3) is 0 Å². The average Bonchev–Trinajstić information content (AvgIpc) is 3.30. The second-order valence-electron chi connectivity index (χ2n) is 6.70. The zero-order chi connectivity index (χ0) is 18.4. The molecule has 7 heteroatoms. The van der Waals surface area contributed by atoms with Crippen molar-refractivity contribution in [2.24, 2.45) is 28.8 Å². The first kappa shape index (κ1) is 17.3. The van der Waals surface area contributed by atoms with Crippen LogP contribution in [0.5, 0.6) is 11.5 Å². The van der Waals surface area contributed by atoms with E-state index in [0.717, 1.165) is 15.9 Å². The number of fused-ring (bicyclic) bond motifs is 5. The predicted molar refractivity (Wildman–Crippen MR) is 99.0 cm³/mol. The van der Waals surface area contributed by atoms with Crippen LogP contribution in [0.15, 0.2) is 33.9 Å². The lowest BCUT2D eigenvalue weighted by atomic mass is 9.85. The maximum atomic E-state index is 12.6. The highest BCUT2D eigenvalue weighted by molar-refractivity contribution is 9.10. The van der Waals surface area contributed by atoms with Crippen LogP contribution in [0, 0.1) is 23.7 Å². The van der Waals surface area contributed by atoms with E-state index < -0.39 is 0 Å². The molecule has 1 aliphatic heterocycles. The summed E-state index contributed by atoms with van der Waals surface area (Å²) in [5, 5.41) is 5.23. The van der Waals surface area contributed by atoms with Gasteiger partial charge in [0.15, 0.2) is 11.5 Å². The number of methoxy groups -OCH3 is 1. The zero-order valence-electron chi connectivity index (χ0n) is 14.5. The SMILES string of the molecule is CCOc1c(Br)cc(/C=N\N2C(=O)[C@H]3[C@H](C2=O)[C@H]2C=C[C@H]3C2)cc1OC. The summed E-state index contributed by atoms with van der Waals surface area (Å²) >= 11 is 3.46. The van der Waals surface area contributed by atoms with Crippen molar-refractivity contribution in [3.8, 4) is 11.5 Å². The number of nitrogens with zero attached hydrogens (tertiary/aromatic N) is 2. The van der Waals surface area contributed by atoms with Gasteiger partial charge in [0.05, 0.1) is 36.2 Å². The van der Waals surface area contributed by atoms with Gasteiger partial charge in [0, 0.05) is 0 Å². The van der Waals surface area contributed by atoms with Crippen molar-refractivity contribution < 1.29 is 19.1 Å². The van der Waals surface area contributed by atoms with Crippen LogP contribution in [-0.4, -0.2) is 36.8 Å². The second kappa shape index (κ2) is 6.54. The monoisotopic (exact) mass is 418 g/mol. The fourth-order valence-corrected chi connectivity index (χ4v) is 4.80. The Hall–Kier alpha value is -2.15. The third-order valence-electron chi connectivity index (χ3n) is 5.31. The van der Waals surface area contributed by atoms with Gasteiger partial charge in [-0.25, -0.2) is 0 Å². The number of carbonyl (C=O) groups excluding carboxylic acids is 2. The molecule has 0 unspecified atom stereocenters. The summed E-state index contributed by atoms with van der Waals surface area (Å²) in [6.45, 7) is 2.41. The molecule has 0 radical (unpaired) electrons. The number of rotatable bonds is 5. The van der Waals surface area contributed by atoms with Crippen LogP contribution in [0.4, 0.5) is 0 Å². The van der Waals surface area contributed by atoms with E-state index >= 15 is 0 Å². The molecular weight excluding hydrogens is 400 g/mol. The van der Waals surface area contributed by atoms with E-state index in [0.29, 0.717) is 23.7 Å². The Morgan fingerprint density at radius 1 is 1.23 bits per heavy atom. The third kappa shape index (κ3) is 2.57. The molecule has 0 N–H and O–H groups in total. The quantitative estimate of drug-likeness (QED) is 0.418. The average molecular weight is 419 g/mol. The lowest BCUT2D eigenvalue weighted by molar-refractivity contribution is -0.140. The fraction of sp³-hybridized carbons (Fsp3) is 0.421. The summed E-state index contributed by atoms with van der Waals surface area (Å²) in [4.78, 5) is 25.3. The van der Waals surface area contributed by atoms with Crippen molar-refractivity contribution >= 4 is 34.0 Å². The molecule has 0 spiro atoms. The van der Waals surface area contributed by atoms with Gasteiger partial charge >= 0.3 is 0 Å². The van der Waals surface area contributed by atoms with Crippen LogP contribution in [-0.2, 0) is 9.59 Å². The summed E-state index contributed by atoms with van der Waals surface area (Å²) in [5.74, 6) is 0.670. The number of benzene rings is 1. The van der Waals surface area contributed by atoms with E-state index in [2.05, 4.69) is 33.2 Å². The number of hydrogen-bond donors (Lipinski definition) is 0. The molecule has 136 valence electrons. The first-order valence-electron chi connectivity index (χ1n) is 8.65. The Balaban J connectivity index is 1.58. The highest BCUT2D eigenvalue weighted by atomic mass is 79.9. The summed E-state index contributed by atoms with van der Waals surface area (Å²) in [6, 6.07) is 3.57. The molecule has 1 saturated carbocycles. The van der Waals surface area contributed by atoms with Crippen molar-refractivity contribution in [3.63, 3.8) is 0 Å². The molecule has 1 aromatic rings. The van der Waals surface area contributed by atoms with E-state index in [-0.39, 0.29) is 35.5 Å². The normalized spacial score (nSPS) is 29.1. The Kier molecular flexibility index (Phi) is 4.34. The molecular formula is C19H19BrN2O4. The lowest BCUT2D eigenvalue weighted by Gasteiger charge is -2.13. The second-order valence-corrected chi connectivity index (χ2v) is 7.55. The first-order valence-corrected chi connectivity index (χ1v) is 9.45. The van der Waals surface area contributed by atoms with Gasteiger partial charge in [-0.2, -0.15) is 10.1 Å². The number of hydrazone groups is 1. The summed E-state index contributed by atoms with van der Waals surface area (Å²) in [7, 11) is 1.56. The molecule has 1 saturated heterocycles. The van der Waals surface area contributed by atoms with Gasteiger partial charge in [0.2, 0.25) is 0 Å². The van der Waals surface area contributed by atoms with Gasteiger partial charge in [-0.15, -0.1) is 0 Å². The minimum absolute atomic E-state index is 0.182. The Bertz CT molecular complexity index is 805. The van der Waals surface area contributed by atoms with Crippen molar-refractivity contribution in [3.05, 3.63) is 34.3 Å². The van der Waals surface area contributed by atoms with E-state index in [1.807, 2.05) is 13.0 Å². The molecule has 1 aromatic carbocycles. The van der Waals surface area contributed by atoms with Crippen molar-refractivity contribution in [2.45, 2.75) is 13.3 Å². The Labute approximate surface area is 160 Å². The Morgan fingerprint density at radius 2 is 1.88 bits per heavy atom. The fourth-order valence-electron chi connectivity index (χ4n) is 4.22. The molecule has 4 atom stereocenters. The maximum absolute atomic E-state index is 12.6. The smallest absolute Gasteiger partial charge is 0.254 e. The number of amides is 2. The first-order chi connectivity index (χ1) is 12.5. The van der Waals surface area contributed by atoms with E-state index in [4.69, 9.17) is 9.47 Å². The summed E-state index contributed by atoms with van der Waals surface area (Å²) in [6.07, 6.45) is 6.56. The summed E-state index contributed by atoms with van der Waals surface area (Å²) in [5.41, 5.74) is 0.705. The van der Waals surface area contributed by atoms with Gasteiger partial charge in [-0.1, -0.05) is 12.2 Å². The van der Waals surface area contributed by atoms with Gasteiger partial charge < -0.3 is 9.47 Å². The highest BCUT2D eigenvalue weighted by Gasteiger charge is 2.59. The van der Waals surface area contributed by atoms with Gasteiger partial charge in [0.1, 0.15) is 0 Å². The molecule has 2 aliphatic carbocycles. The van der Waals surface area contributed by atoms with E-state index in [1.54, 1.807) is 13.2 Å². The van der Waals surface area contributed by atoms with Crippen LogP contribution in [0.1, 0.15) is 18.9 Å². The maximum Gasteiger partial charge on any atom is 0.254 e. The number of ether oxygens (including phenoxy) is 2. The van der Waals surface area contributed by atoms with Gasteiger partial charge in [0.25, 0.3) is 11.8 Å². The van der Waals surface area contributed by atoms with Crippen LogP contribution in [0.2, 0.25) is 0 Å². The topological polar surface area (TPSA) is 68.2 Å². The van der Waals surface area contributed by atoms with Gasteiger partial charge in [-0.05, 0) is 58.8 Å². The molecule has 2 fully saturated rings. The van der Waals surface area contributed by atoms with E-state index in [9.17, 15) is 9.59 Å². The number of hydrogen-bond acceptors (Lipinski definition) is 5. The standard InChI is InChI=1S/C19H19BrN2O4/c1-3-26-17-13(20)6-10(7-14(17)25-2)9-21-22-18(23)15-11-4-5-12(8-11)16(15)19(22)24/h4-7,9,11-12,15-16H,3,8H2,1-2H3/b21-9-/t11-,12-,15+,16+/m0/s1. The van der Waals surface area contributed by atoms with Crippen LogP contribution in [0.3, 0.4) is 0 Å². The minimum Gasteiger partial charge on any atom is -0.493 e. The highest BCUT2D eigenvalue weighted by Crippen LogP contribution is 2.52. The molecule has 2 bridgehead atoms. The Morgan fingerprint density at radius 3 is 2.46 bits per heavy atom. The minimum atomic E-state index is -0.240. The molecule has 0 aromatic heterocycles. The zero-order valence-corrected chi connectivity index (χ0v) is 16.1. The van der Waals surface area contributed by atoms with Crippen molar-refractivity contribution in [1.29, 1.82) is 0 Å². The largest absolute Gasteiger partial charge is 0.493 e. The molecule has 1 heterocycles. The number of carbonyl (C=O) groups is 2. The predicted octanol–water partition coefficient (Wildman–Crippen LogP) is 3.00. The third-order valence-corrected chi connectivity index (χ3v) is 5.90.